The van der Waals surface area contributed by atoms with Crippen LogP contribution in [0.1, 0.15) is 25.8 Å². The highest BCUT2D eigenvalue weighted by Crippen LogP contribution is 2.19. The Labute approximate surface area is 160 Å². The first-order valence-electron chi connectivity index (χ1n) is 8.85. The van der Waals surface area contributed by atoms with E-state index in [4.69, 9.17) is 5.11 Å². The zero-order valence-electron chi connectivity index (χ0n) is 15.5. The smallest absolute Gasteiger partial charge is 0.326 e. The van der Waals surface area contributed by atoms with Crippen LogP contribution in [-0.2, 0) is 20.8 Å². The Kier molecular flexibility index (Phi) is 7.08. The number of amides is 2. The van der Waals surface area contributed by atoms with Crippen molar-refractivity contribution in [2.75, 3.05) is 0 Å². The van der Waals surface area contributed by atoms with Gasteiger partial charge in [-0.25, -0.2) is 13.6 Å². The number of halogens is 2. The zero-order chi connectivity index (χ0) is 20.8. The van der Waals surface area contributed by atoms with Gasteiger partial charge in [0.1, 0.15) is 12.1 Å². The molecule has 0 aliphatic carbocycles. The largest absolute Gasteiger partial charge is 0.480 e. The summed E-state index contributed by atoms with van der Waals surface area (Å²) in [4.78, 5) is 39.0. The monoisotopic (exact) mass is 395 g/mol. The average molecular weight is 395 g/mol. The number of carbonyl (C=O) groups excluding carboxylic acids is 2. The first-order chi connectivity index (χ1) is 13.2. The van der Waals surface area contributed by atoms with E-state index in [1.807, 2.05) is 24.3 Å². The van der Waals surface area contributed by atoms with Gasteiger partial charge in [0.2, 0.25) is 18.2 Å². The second-order valence-electron chi connectivity index (χ2n) is 6.81. The number of carbonyl (C=O) groups is 3. The number of hydrogen-bond donors (Lipinski definition) is 4. The highest BCUT2D eigenvalue weighted by atomic mass is 19.3. The number of para-hydroxylation sites is 1. The summed E-state index contributed by atoms with van der Waals surface area (Å²) in [5.41, 5.74) is 1.58. The van der Waals surface area contributed by atoms with Crippen LogP contribution in [0.4, 0.5) is 8.78 Å². The number of carboxylic acids is 1. The fourth-order valence-corrected chi connectivity index (χ4v) is 2.74. The Balaban J connectivity index is 2.24. The Morgan fingerprint density at radius 3 is 2.32 bits per heavy atom. The molecule has 152 valence electrons. The van der Waals surface area contributed by atoms with E-state index >= 15 is 0 Å². The topological polar surface area (TPSA) is 111 Å². The quantitative estimate of drug-likeness (QED) is 0.521. The molecule has 28 heavy (non-hydrogen) atoms. The predicted octanol–water partition coefficient (Wildman–Crippen LogP) is 2.08. The number of carboxylic acid groups (broad SMARTS) is 1. The Bertz CT molecular complexity index is 851. The first-order valence-corrected chi connectivity index (χ1v) is 8.85. The number of alkyl halides is 2. The third-order valence-corrected chi connectivity index (χ3v) is 4.28. The number of aromatic nitrogens is 1. The number of hydrogen-bond acceptors (Lipinski definition) is 3. The predicted molar refractivity (Wildman–Crippen MR) is 99.0 cm³/mol. The maximum absolute atomic E-state index is 12.6. The number of H-pyrrole nitrogens is 1. The minimum Gasteiger partial charge on any atom is -0.480 e. The van der Waals surface area contributed by atoms with E-state index in [-0.39, 0.29) is 6.42 Å². The zero-order valence-corrected chi connectivity index (χ0v) is 15.5. The van der Waals surface area contributed by atoms with E-state index in [2.05, 4.69) is 15.6 Å². The van der Waals surface area contributed by atoms with Gasteiger partial charge in [0.15, 0.2) is 0 Å². The van der Waals surface area contributed by atoms with Gasteiger partial charge in [-0.2, -0.15) is 0 Å². The average Bonchev–Trinajstić information content (AvgIpc) is 3.03. The molecule has 0 saturated heterocycles. The van der Waals surface area contributed by atoms with Crippen molar-refractivity contribution >= 4 is 28.7 Å². The molecule has 0 radical (unpaired) electrons. The molecule has 1 heterocycles. The Morgan fingerprint density at radius 1 is 1.07 bits per heavy atom. The van der Waals surface area contributed by atoms with E-state index in [0.717, 1.165) is 16.5 Å². The van der Waals surface area contributed by atoms with Crippen LogP contribution in [0.25, 0.3) is 10.9 Å². The standard InChI is InChI=1S/C19H23F2N3O4/c1-10(2)17(25)23-14(18(26)24-15(19(27)28)8-16(20)21)7-11-9-22-13-6-4-3-5-12(11)13/h3-6,9-10,14-16,22H,7-8H2,1-2H3,(H,23,25)(H,24,26)(H,27,28). The number of aliphatic carboxylic acids is 1. The van der Waals surface area contributed by atoms with Gasteiger partial charge in [-0.1, -0.05) is 32.0 Å². The molecule has 2 atom stereocenters. The van der Waals surface area contributed by atoms with Crippen molar-refractivity contribution in [1.82, 2.24) is 15.6 Å². The van der Waals surface area contributed by atoms with Gasteiger partial charge < -0.3 is 20.7 Å². The summed E-state index contributed by atoms with van der Waals surface area (Å²) in [6, 6.07) is 4.52. The number of benzene rings is 1. The number of rotatable bonds is 9. The third-order valence-electron chi connectivity index (χ3n) is 4.28. The minimum absolute atomic E-state index is 0.0787. The molecule has 0 aliphatic rings. The van der Waals surface area contributed by atoms with Crippen LogP contribution >= 0.6 is 0 Å². The molecule has 2 amide bonds. The van der Waals surface area contributed by atoms with E-state index in [1.165, 1.54) is 0 Å². The van der Waals surface area contributed by atoms with Crippen molar-refractivity contribution in [1.29, 1.82) is 0 Å². The fourth-order valence-electron chi connectivity index (χ4n) is 2.74. The van der Waals surface area contributed by atoms with Crippen LogP contribution in [0.3, 0.4) is 0 Å². The molecule has 9 heteroatoms. The molecular formula is C19H23F2N3O4. The Morgan fingerprint density at radius 2 is 1.71 bits per heavy atom. The molecule has 0 saturated carbocycles. The summed E-state index contributed by atoms with van der Waals surface area (Å²) in [7, 11) is 0. The molecule has 0 spiro atoms. The molecule has 4 N–H and O–H groups in total. The van der Waals surface area contributed by atoms with Gasteiger partial charge in [-0.05, 0) is 11.6 Å². The van der Waals surface area contributed by atoms with Crippen molar-refractivity contribution in [2.24, 2.45) is 5.92 Å². The van der Waals surface area contributed by atoms with Crippen LogP contribution in [0, 0.1) is 5.92 Å². The van der Waals surface area contributed by atoms with E-state index in [9.17, 15) is 23.2 Å². The summed E-state index contributed by atoms with van der Waals surface area (Å²) >= 11 is 0. The molecule has 0 bridgehead atoms. The third kappa shape index (κ3) is 5.51. The molecule has 7 nitrogen and oxygen atoms in total. The summed E-state index contributed by atoms with van der Waals surface area (Å²) < 4.78 is 25.2. The lowest BCUT2D eigenvalue weighted by Crippen LogP contribution is -2.53. The Hall–Kier alpha value is -2.97. The van der Waals surface area contributed by atoms with E-state index in [1.54, 1.807) is 20.0 Å². The molecule has 0 aliphatic heterocycles. The molecule has 1 aromatic carbocycles. The summed E-state index contributed by atoms with van der Waals surface area (Å²) in [5, 5.41) is 14.6. The second kappa shape index (κ2) is 9.29. The molecule has 2 rings (SSSR count). The maximum Gasteiger partial charge on any atom is 0.326 e. The highest BCUT2D eigenvalue weighted by molar-refractivity contribution is 5.92. The van der Waals surface area contributed by atoms with Gasteiger partial charge in [-0.15, -0.1) is 0 Å². The van der Waals surface area contributed by atoms with Crippen molar-refractivity contribution < 1.29 is 28.3 Å². The molecule has 1 aromatic heterocycles. The molecule has 2 unspecified atom stereocenters. The van der Waals surface area contributed by atoms with Crippen molar-refractivity contribution in [2.45, 2.75) is 45.2 Å². The highest BCUT2D eigenvalue weighted by Gasteiger charge is 2.29. The van der Waals surface area contributed by atoms with Crippen molar-refractivity contribution in [3.63, 3.8) is 0 Å². The fraction of sp³-hybridized carbons (Fsp3) is 0.421. The normalized spacial score (nSPS) is 13.5. The van der Waals surface area contributed by atoms with Crippen molar-refractivity contribution in [3.05, 3.63) is 36.0 Å². The lowest BCUT2D eigenvalue weighted by atomic mass is 10.0. The SMILES string of the molecule is CC(C)C(=O)NC(Cc1c[nH]c2ccccc12)C(=O)NC(CC(F)F)C(=O)O. The van der Waals surface area contributed by atoms with Gasteiger partial charge in [0, 0.05) is 35.9 Å². The van der Waals surface area contributed by atoms with Crippen LogP contribution in [0.15, 0.2) is 30.5 Å². The summed E-state index contributed by atoms with van der Waals surface area (Å²) in [6.07, 6.45) is -2.13. The first kappa shape index (κ1) is 21.3. The summed E-state index contributed by atoms with van der Waals surface area (Å²) in [6.45, 7) is 3.29. The van der Waals surface area contributed by atoms with Crippen LogP contribution < -0.4 is 10.6 Å². The number of aromatic amines is 1. The van der Waals surface area contributed by atoms with Gasteiger partial charge in [0.25, 0.3) is 0 Å². The van der Waals surface area contributed by atoms with Crippen LogP contribution in [0.2, 0.25) is 0 Å². The maximum atomic E-state index is 12.6. The number of nitrogens with one attached hydrogen (secondary N) is 3. The molecule has 0 fully saturated rings. The van der Waals surface area contributed by atoms with Gasteiger partial charge in [0.05, 0.1) is 0 Å². The van der Waals surface area contributed by atoms with E-state index < -0.39 is 48.6 Å². The molecular weight excluding hydrogens is 372 g/mol. The lowest BCUT2D eigenvalue weighted by molar-refractivity contribution is -0.143. The lowest BCUT2D eigenvalue weighted by Gasteiger charge is -2.22. The number of fused-ring (bicyclic) bond motifs is 1. The van der Waals surface area contributed by atoms with Crippen molar-refractivity contribution in [3.8, 4) is 0 Å². The second-order valence-corrected chi connectivity index (χ2v) is 6.81. The van der Waals surface area contributed by atoms with Gasteiger partial charge >= 0.3 is 5.97 Å². The minimum atomic E-state index is -2.89. The van der Waals surface area contributed by atoms with Gasteiger partial charge in [-0.3, -0.25) is 9.59 Å². The summed E-state index contributed by atoms with van der Waals surface area (Å²) in [5.74, 6) is -3.20. The molecule has 2 aromatic rings. The van der Waals surface area contributed by atoms with Crippen LogP contribution in [-0.4, -0.2) is 46.4 Å². The van der Waals surface area contributed by atoms with Crippen LogP contribution in [0.5, 0.6) is 0 Å². The van der Waals surface area contributed by atoms with E-state index in [0.29, 0.717) is 0 Å².